The first-order valence-electron chi connectivity index (χ1n) is 6.40. The molecular weight excluding hydrogens is 332 g/mol. The van der Waals surface area contributed by atoms with Crippen LogP contribution in [0.1, 0.15) is 29.7 Å². The van der Waals surface area contributed by atoms with Gasteiger partial charge in [-0.1, -0.05) is 52.4 Å². The van der Waals surface area contributed by atoms with Gasteiger partial charge in [-0.05, 0) is 43.2 Å². The highest BCUT2D eigenvalue weighted by Gasteiger charge is 2.12. The molecule has 2 rings (SSSR count). The van der Waals surface area contributed by atoms with Crippen molar-refractivity contribution in [3.05, 3.63) is 63.6 Å². The minimum absolute atomic E-state index is 0.178. The second-order valence-corrected chi connectivity index (χ2v) is 6.13. The lowest BCUT2D eigenvalue weighted by atomic mass is 10.0. The first-order chi connectivity index (χ1) is 9.49. The Kier molecular flexibility index (Phi) is 4.78. The van der Waals surface area contributed by atoms with Crippen molar-refractivity contribution in [2.24, 2.45) is 5.73 Å². The summed E-state index contributed by atoms with van der Waals surface area (Å²) in [5.74, 6) is 0. The van der Waals surface area contributed by atoms with E-state index in [1.54, 1.807) is 0 Å². The molecule has 0 spiro atoms. The fourth-order valence-electron chi connectivity index (χ4n) is 2.12. The van der Waals surface area contributed by atoms with Gasteiger partial charge in [-0.15, -0.1) is 0 Å². The van der Waals surface area contributed by atoms with E-state index in [9.17, 15) is 0 Å². The van der Waals surface area contributed by atoms with Crippen LogP contribution in [0.3, 0.4) is 0 Å². The van der Waals surface area contributed by atoms with E-state index in [0.29, 0.717) is 4.99 Å². The number of rotatable bonds is 4. The van der Waals surface area contributed by atoms with Gasteiger partial charge in [0, 0.05) is 21.8 Å². The number of para-hydroxylation sites is 1. The predicted molar refractivity (Wildman–Crippen MR) is 93.2 cm³/mol. The zero-order valence-electron chi connectivity index (χ0n) is 11.5. The zero-order valence-corrected chi connectivity index (χ0v) is 13.9. The summed E-state index contributed by atoms with van der Waals surface area (Å²) in [5, 5.41) is 3.51. The molecule has 0 saturated carbocycles. The van der Waals surface area contributed by atoms with Crippen LogP contribution in [0.25, 0.3) is 0 Å². The number of hydrogen-bond acceptors (Lipinski definition) is 2. The maximum absolute atomic E-state index is 5.80. The van der Waals surface area contributed by atoms with Gasteiger partial charge in [-0.25, -0.2) is 0 Å². The van der Waals surface area contributed by atoms with Crippen molar-refractivity contribution in [3.8, 4) is 0 Å². The third-order valence-corrected chi connectivity index (χ3v) is 4.02. The standard InChI is InChI=1S/C16H17BrN2S/c1-10-4-3-5-14(16(18)20)15(10)19-11(2)12-6-8-13(17)9-7-12/h3-9,11,19H,1-2H3,(H2,18,20). The number of nitrogens with two attached hydrogens (primary N) is 1. The molecule has 0 bridgehead atoms. The smallest absolute Gasteiger partial charge is 0.106 e. The third-order valence-electron chi connectivity index (χ3n) is 3.27. The normalized spacial score (nSPS) is 11.9. The molecule has 2 aromatic carbocycles. The Hall–Kier alpha value is -1.39. The van der Waals surface area contributed by atoms with Gasteiger partial charge in [-0.2, -0.15) is 0 Å². The summed E-state index contributed by atoms with van der Waals surface area (Å²) in [6.07, 6.45) is 0. The number of thiocarbonyl (C=S) groups is 1. The molecule has 3 N–H and O–H groups in total. The first-order valence-corrected chi connectivity index (χ1v) is 7.60. The second kappa shape index (κ2) is 6.37. The van der Waals surface area contributed by atoms with E-state index in [-0.39, 0.29) is 6.04 Å². The van der Waals surface area contributed by atoms with E-state index < -0.39 is 0 Å². The van der Waals surface area contributed by atoms with E-state index in [4.69, 9.17) is 18.0 Å². The lowest BCUT2D eigenvalue weighted by Gasteiger charge is -2.20. The monoisotopic (exact) mass is 348 g/mol. The molecule has 2 aromatic rings. The summed E-state index contributed by atoms with van der Waals surface area (Å²) < 4.78 is 1.08. The topological polar surface area (TPSA) is 38.0 Å². The van der Waals surface area contributed by atoms with E-state index in [2.05, 4.69) is 53.3 Å². The van der Waals surface area contributed by atoms with Crippen LogP contribution in [0.5, 0.6) is 0 Å². The van der Waals surface area contributed by atoms with Crippen LogP contribution in [-0.4, -0.2) is 4.99 Å². The molecule has 2 nitrogen and oxygen atoms in total. The summed E-state index contributed by atoms with van der Waals surface area (Å²) in [7, 11) is 0. The van der Waals surface area contributed by atoms with Crippen molar-refractivity contribution in [2.45, 2.75) is 19.9 Å². The van der Waals surface area contributed by atoms with Crippen molar-refractivity contribution in [1.82, 2.24) is 0 Å². The maximum atomic E-state index is 5.80. The van der Waals surface area contributed by atoms with Crippen LogP contribution in [0.4, 0.5) is 5.69 Å². The Morgan fingerprint density at radius 2 is 1.85 bits per heavy atom. The molecule has 1 unspecified atom stereocenters. The molecule has 0 radical (unpaired) electrons. The van der Waals surface area contributed by atoms with Gasteiger partial charge in [0.15, 0.2) is 0 Å². The molecule has 104 valence electrons. The molecule has 0 aliphatic heterocycles. The fourth-order valence-corrected chi connectivity index (χ4v) is 2.55. The number of anilines is 1. The molecular formula is C16H17BrN2S. The SMILES string of the molecule is Cc1cccc(C(N)=S)c1NC(C)c1ccc(Br)cc1. The number of aryl methyl sites for hydroxylation is 1. The predicted octanol–water partition coefficient (Wildman–Crippen LogP) is 4.56. The summed E-state index contributed by atoms with van der Waals surface area (Å²) in [4.78, 5) is 0.416. The molecule has 1 atom stereocenters. The Labute approximate surface area is 133 Å². The van der Waals surface area contributed by atoms with E-state index in [1.807, 2.05) is 24.3 Å². The minimum atomic E-state index is 0.178. The number of halogens is 1. The van der Waals surface area contributed by atoms with Gasteiger partial charge < -0.3 is 11.1 Å². The molecule has 0 aliphatic rings. The Bertz CT molecular complexity index is 623. The zero-order chi connectivity index (χ0) is 14.7. The molecule has 0 saturated heterocycles. The minimum Gasteiger partial charge on any atom is -0.389 e. The van der Waals surface area contributed by atoms with Gasteiger partial charge in [0.2, 0.25) is 0 Å². The van der Waals surface area contributed by atoms with Crippen molar-refractivity contribution in [2.75, 3.05) is 5.32 Å². The quantitative estimate of drug-likeness (QED) is 0.795. The summed E-state index contributed by atoms with van der Waals surface area (Å²) in [6.45, 7) is 4.18. The van der Waals surface area contributed by atoms with Crippen molar-refractivity contribution >= 4 is 38.8 Å². The summed E-state index contributed by atoms with van der Waals surface area (Å²) in [6, 6.07) is 14.4. The highest BCUT2D eigenvalue weighted by molar-refractivity contribution is 9.10. The lowest BCUT2D eigenvalue weighted by Crippen LogP contribution is -2.16. The Morgan fingerprint density at radius 3 is 2.45 bits per heavy atom. The molecule has 0 aromatic heterocycles. The molecule has 0 heterocycles. The van der Waals surface area contributed by atoms with Crippen molar-refractivity contribution in [3.63, 3.8) is 0 Å². The molecule has 0 aliphatic carbocycles. The lowest BCUT2D eigenvalue weighted by molar-refractivity contribution is 0.881. The largest absolute Gasteiger partial charge is 0.389 e. The highest BCUT2D eigenvalue weighted by atomic mass is 79.9. The molecule has 0 amide bonds. The third kappa shape index (κ3) is 3.38. The van der Waals surface area contributed by atoms with Crippen LogP contribution in [-0.2, 0) is 0 Å². The Morgan fingerprint density at radius 1 is 1.20 bits per heavy atom. The molecule has 20 heavy (non-hydrogen) atoms. The summed E-state index contributed by atoms with van der Waals surface area (Å²) >= 11 is 8.58. The van der Waals surface area contributed by atoms with Crippen LogP contribution in [0.2, 0.25) is 0 Å². The van der Waals surface area contributed by atoms with Crippen molar-refractivity contribution < 1.29 is 0 Å². The van der Waals surface area contributed by atoms with Gasteiger partial charge in [-0.3, -0.25) is 0 Å². The Balaban J connectivity index is 2.30. The van der Waals surface area contributed by atoms with E-state index in [0.717, 1.165) is 21.3 Å². The van der Waals surface area contributed by atoms with Crippen LogP contribution < -0.4 is 11.1 Å². The average molecular weight is 349 g/mol. The van der Waals surface area contributed by atoms with Crippen LogP contribution in [0, 0.1) is 6.92 Å². The summed E-state index contributed by atoms with van der Waals surface area (Å²) in [5.41, 5.74) is 10.1. The number of nitrogens with one attached hydrogen (secondary N) is 1. The maximum Gasteiger partial charge on any atom is 0.106 e. The number of hydrogen-bond donors (Lipinski definition) is 2. The second-order valence-electron chi connectivity index (χ2n) is 4.78. The van der Waals surface area contributed by atoms with Gasteiger partial charge in [0.1, 0.15) is 4.99 Å². The average Bonchev–Trinajstić information content (AvgIpc) is 2.41. The van der Waals surface area contributed by atoms with Crippen molar-refractivity contribution in [1.29, 1.82) is 0 Å². The fraction of sp³-hybridized carbons (Fsp3) is 0.188. The number of benzene rings is 2. The highest BCUT2D eigenvalue weighted by Crippen LogP contribution is 2.26. The van der Waals surface area contributed by atoms with Crippen LogP contribution in [0.15, 0.2) is 46.9 Å². The van der Waals surface area contributed by atoms with Gasteiger partial charge in [0.05, 0.1) is 0 Å². The van der Waals surface area contributed by atoms with Gasteiger partial charge in [0.25, 0.3) is 0 Å². The molecule has 0 fully saturated rings. The van der Waals surface area contributed by atoms with Gasteiger partial charge >= 0.3 is 0 Å². The van der Waals surface area contributed by atoms with E-state index in [1.165, 1.54) is 5.56 Å². The van der Waals surface area contributed by atoms with E-state index >= 15 is 0 Å². The first kappa shape index (κ1) is 15.0. The van der Waals surface area contributed by atoms with Crippen LogP contribution >= 0.6 is 28.1 Å². The molecule has 4 heteroatoms.